The van der Waals surface area contributed by atoms with Crippen molar-refractivity contribution in [2.45, 2.75) is 57.8 Å². The number of hydrogen-bond acceptors (Lipinski definition) is 8. The lowest BCUT2D eigenvalue weighted by atomic mass is 10.1. The minimum absolute atomic E-state index is 0.147. The van der Waals surface area contributed by atoms with Crippen LogP contribution >= 0.6 is 0 Å². The lowest BCUT2D eigenvalue weighted by molar-refractivity contribution is -0.119. The van der Waals surface area contributed by atoms with Crippen LogP contribution in [0.15, 0.2) is 24.7 Å². The molecule has 1 N–H and O–H groups in total. The van der Waals surface area contributed by atoms with Crippen molar-refractivity contribution >= 4 is 37.1 Å². The summed E-state index contributed by atoms with van der Waals surface area (Å²) in [6.07, 6.45) is 6.95. The van der Waals surface area contributed by atoms with Crippen LogP contribution in [0.4, 0.5) is 5.82 Å². The topological polar surface area (TPSA) is 117 Å². The van der Waals surface area contributed by atoms with Gasteiger partial charge in [0.2, 0.25) is 17.7 Å². The summed E-state index contributed by atoms with van der Waals surface area (Å²) in [4.78, 5) is 37.0. The Kier molecular flexibility index (Phi) is 7.00. The summed E-state index contributed by atoms with van der Waals surface area (Å²) in [5.74, 6) is 0.638. The van der Waals surface area contributed by atoms with Crippen molar-refractivity contribution < 1.29 is 23.8 Å². The first kappa shape index (κ1) is 25.3. The molecule has 2 aliphatic carbocycles. The minimum Gasteiger partial charge on any atom is -0.480 e. The van der Waals surface area contributed by atoms with Gasteiger partial charge in [0.25, 0.3) is 0 Å². The minimum atomic E-state index is -1.24. The number of methoxy groups -OCH3 is 1. The largest absolute Gasteiger partial charge is 0.480 e. The number of amides is 1. The van der Waals surface area contributed by atoms with Crippen molar-refractivity contribution in [3.8, 4) is 22.9 Å². The number of carbonyl (C=O) groups is 2. The van der Waals surface area contributed by atoms with Gasteiger partial charge in [0, 0.05) is 43.7 Å². The number of nitrogens with zero attached hydrogens (tertiary/aromatic N) is 4. The van der Waals surface area contributed by atoms with Gasteiger partial charge in [-0.05, 0) is 37.4 Å². The highest BCUT2D eigenvalue weighted by atomic mass is 28.3. The zero-order valence-electron chi connectivity index (χ0n) is 21.7. The quantitative estimate of drug-likeness (QED) is 0.214. The summed E-state index contributed by atoms with van der Waals surface area (Å²) in [7, 11) is 0.332. The maximum absolute atomic E-state index is 12.5. The number of fused-ring (bicyclic) bond motifs is 1. The van der Waals surface area contributed by atoms with Crippen molar-refractivity contribution in [2.24, 2.45) is 11.8 Å². The lowest BCUT2D eigenvalue weighted by Gasteiger charge is -2.15. The van der Waals surface area contributed by atoms with E-state index in [9.17, 15) is 9.59 Å². The Bertz CT molecular complexity index is 1320. The smallest absolute Gasteiger partial charge is 0.229 e. The fraction of sp³-hybridized carbons (Fsp3) is 0.500. The first-order valence-corrected chi connectivity index (χ1v) is 16.4. The van der Waals surface area contributed by atoms with Gasteiger partial charge < -0.3 is 28.9 Å². The Morgan fingerprint density at radius 2 is 2.00 bits per heavy atom. The molecule has 37 heavy (non-hydrogen) atoms. The molecule has 1 amide bonds. The molecule has 3 aromatic heterocycles. The average molecular weight is 524 g/mol. The molecule has 3 aromatic rings. The van der Waals surface area contributed by atoms with E-state index < -0.39 is 8.07 Å². The third-order valence-corrected chi connectivity index (χ3v) is 8.30. The van der Waals surface area contributed by atoms with Gasteiger partial charge in [-0.15, -0.1) is 0 Å². The number of rotatable bonds is 12. The van der Waals surface area contributed by atoms with Gasteiger partial charge in [0.05, 0.1) is 7.11 Å². The second-order valence-electron chi connectivity index (χ2n) is 10.9. The maximum atomic E-state index is 12.5. The highest BCUT2D eigenvalue weighted by molar-refractivity contribution is 6.76. The molecule has 0 aliphatic heterocycles. The van der Waals surface area contributed by atoms with Crippen molar-refractivity contribution in [1.82, 2.24) is 19.5 Å². The van der Waals surface area contributed by atoms with E-state index in [4.69, 9.17) is 19.2 Å². The van der Waals surface area contributed by atoms with Crippen LogP contribution in [-0.4, -0.2) is 59.6 Å². The van der Waals surface area contributed by atoms with E-state index in [0.717, 1.165) is 36.1 Å². The highest BCUT2D eigenvalue weighted by Crippen LogP contribution is 2.42. The average Bonchev–Trinajstić information content (AvgIpc) is 3.79. The number of hydrogen-bond donors (Lipinski definition) is 1. The Hall–Kier alpha value is -3.31. The molecule has 10 nitrogen and oxygen atoms in total. The summed E-state index contributed by atoms with van der Waals surface area (Å²) in [5.41, 5.74) is 2.12. The highest BCUT2D eigenvalue weighted by Gasteiger charge is 2.43. The molecule has 3 heterocycles. The maximum Gasteiger partial charge on any atom is 0.229 e. The SMILES string of the molecule is COc1ncnc(OC2CC2)c1-c1cn(COCC[Si](C)(C)C)c2nc(NC(=O)C3CC3C=O)ccc12. The number of aldehydes is 1. The molecular weight excluding hydrogens is 490 g/mol. The molecule has 5 rings (SSSR count). The van der Waals surface area contributed by atoms with E-state index in [2.05, 4.69) is 34.9 Å². The van der Waals surface area contributed by atoms with Gasteiger partial charge in [-0.3, -0.25) is 4.79 Å². The molecule has 2 saturated carbocycles. The first-order valence-electron chi connectivity index (χ1n) is 12.7. The first-order chi connectivity index (χ1) is 17.8. The fourth-order valence-electron chi connectivity index (χ4n) is 4.13. The summed E-state index contributed by atoms with van der Waals surface area (Å²) in [6, 6.07) is 4.71. The monoisotopic (exact) mass is 523 g/mol. The molecule has 0 radical (unpaired) electrons. The second-order valence-corrected chi connectivity index (χ2v) is 16.6. The van der Waals surface area contributed by atoms with Gasteiger partial charge in [-0.25, -0.2) is 15.0 Å². The molecule has 0 spiro atoms. The molecule has 196 valence electrons. The Balaban J connectivity index is 1.51. The molecule has 0 aromatic carbocycles. The van der Waals surface area contributed by atoms with Gasteiger partial charge in [0.1, 0.15) is 42.5 Å². The zero-order chi connectivity index (χ0) is 26.2. The van der Waals surface area contributed by atoms with Crippen LogP contribution in [0.2, 0.25) is 25.7 Å². The van der Waals surface area contributed by atoms with Gasteiger partial charge in [0.15, 0.2) is 0 Å². The van der Waals surface area contributed by atoms with Crippen molar-refractivity contribution in [1.29, 1.82) is 0 Å². The van der Waals surface area contributed by atoms with Crippen molar-refractivity contribution in [3.05, 3.63) is 24.7 Å². The zero-order valence-corrected chi connectivity index (χ0v) is 22.7. The molecule has 11 heteroatoms. The van der Waals surface area contributed by atoms with E-state index in [-0.39, 0.29) is 23.8 Å². The van der Waals surface area contributed by atoms with Crippen LogP contribution in [0.3, 0.4) is 0 Å². The van der Waals surface area contributed by atoms with E-state index in [1.807, 2.05) is 16.8 Å². The Morgan fingerprint density at radius 3 is 2.68 bits per heavy atom. The predicted molar refractivity (Wildman–Crippen MR) is 141 cm³/mol. The molecule has 2 atom stereocenters. The summed E-state index contributed by atoms with van der Waals surface area (Å²) in [5, 5.41) is 3.69. The Labute approximate surface area is 216 Å². The molecule has 0 saturated heterocycles. The molecule has 2 fully saturated rings. The van der Waals surface area contributed by atoms with Crippen LogP contribution in [0.1, 0.15) is 19.3 Å². The van der Waals surface area contributed by atoms with E-state index in [1.54, 1.807) is 13.2 Å². The van der Waals surface area contributed by atoms with Crippen LogP contribution in [0, 0.1) is 11.8 Å². The second kappa shape index (κ2) is 10.2. The number of nitrogens with one attached hydrogen (secondary N) is 1. The van der Waals surface area contributed by atoms with Crippen molar-refractivity contribution in [2.75, 3.05) is 19.0 Å². The molecule has 0 bridgehead atoms. The third-order valence-electron chi connectivity index (χ3n) is 6.59. The third kappa shape index (κ3) is 5.83. The Morgan fingerprint density at radius 1 is 1.22 bits per heavy atom. The number of ether oxygens (including phenoxy) is 3. The lowest BCUT2D eigenvalue weighted by Crippen LogP contribution is -2.22. The van der Waals surface area contributed by atoms with Crippen LogP contribution in [0.25, 0.3) is 22.2 Å². The van der Waals surface area contributed by atoms with Gasteiger partial charge in [-0.1, -0.05) is 19.6 Å². The van der Waals surface area contributed by atoms with E-state index in [0.29, 0.717) is 48.5 Å². The van der Waals surface area contributed by atoms with Crippen LogP contribution < -0.4 is 14.8 Å². The fourth-order valence-corrected chi connectivity index (χ4v) is 4.89. The number of anilines is 1. The standard InChI is InChI=1S/C26H33N5O5Si/c1-34-25-22(26(28-14-27-25)36-17-5-6-17)20-12-31(15-35-9-10-37(2,3)4)23-18(20)7-8-21(29-23)30-24(33)19-11-16(19)13-32/h7-8,12-14,16-17,19H,5-6,9-11,15H2,1-4H3,(H,29,30,33). The van der Waals surface area contributed by atoms with Crippen LogP contribution in [-0.2, 0) is 21.1 Å². The summed E-state index contributed by atoms with van der Waals surface area (Å²) < 4.78 is 19.7. The number of aromatic nitrogens is 4. The van der Waals surface area contributed by atoms with Crippen molar-refractivity contribution in [3.63, 3.8) is 0 Å². The normalized spacial score (nSPS) is 19.0. The van der Waals surface area contributed by atoms with Gasteiger partial charge >= 0.3 is 0 Å². The summed E-state index contributed by atoms with van der Waals surface area (Å²) >= 11 is 0. The van der Waals surface area contributed by atoms with E-state index in [1.165, 1.54) is 6.33 Å². The molecule has 2 unspecified atom stereocenters. The molecule has 2 aliphatic rings. The van der Waals surface area contributed by atoms with Crippen LogP contribution in [0.5, 0.6) is 11.8 Å². The van der Waals surface area contributed by atoms with Gasteiger partial charge in [-0.2, -0.15) is 0 Å². The summed E-state index contributed by atoms with van der Waals surface area (Å²) in [6.45, 7) is 7.90. The predicted octanol–water partition coefficient (Wildman–Crippen LogP) is 4.13. The molecular formula is C26H33N5O5Si. The number of pyridine rings is 1. The number of carbonyl (C=O) groups excluding carboxylic acids is 2. The van der Waals surface area contributed by atoms with E-state index >= 15 is 0 Å².